The van der Waals surface area contributed by atoms with Crippen molar-refractivity contribution in [2.24, 2.45) is 10.2 Å². The highest BCUT2D eigenvalue weighted by Gasteiger charge is 2.10. The Morgan fingerprint density at radius 2 is 2.00 bits per heavy atom. The summed E-state index contributed by atoms with van der Waals surface area (Å²) in [7, 11) is 0. The smallest absolute Gasteiger partial charge is 0.0759 e. The first-order valence-electron chi connectivity index (χ1n) is 4.43. The molecular weight excluding hydrogens is 160 g/mol. The molecule has 0 aliphatic carbocycles. The van der Waals surface area contributed by atoms with Gasteiger partial charge in [-0.25, -0.2) is 0 Å². The van der Waals surface area contributed by atoms with E-state index in [1.165, 1.54) is 11.1 Å². The second kappa shape index (κ2) is 3.13. The Hall–Kier alpha value is -1.44. The zero-order valence-electron chi connectivity index (χ0n) is 7.91. The first-order valence-corrected chi connectivity index (χ1v) is 4.43. The maximum atomic E-state index is 4.13. The van der Waals surface area contributed by atoms with E-state index in [1.807, 2.05) is 6.92 Å². The Kier molecular flexibility index (Phi) is 1.97. The fourth-order valence-electron chi connectivity index (χ4n) is 1.44. The zero-order chi connectivity index (χ0) is 9.26. The highest BCUT2D eigenvalue weighted by atomic mass is 15.2. The molecule has 0 fully saturated rings. The van der Waals surface area contributed by atoms with Crippen LogP contribution in [0, 0.1) is 6.92 Å². The molecule has 0 atom stereocenters. The van der Waals surface area contributed by atoms with E-state index in [4.69, 9.17) is 0 Å². The van der Waals surface area contributed by atoms with E-state index in [0.717, 1.165) is 17.8 Å². The third kappa shape index (κ3) is 1.66. The van der Waals surface area contributed by atoms with Crippen LogP contribution in [0.4, 0.5) is 0 Å². The zero-order valence-corrected chi connectivity index (χ0v) is 7.91. The normalized spacial score (nSPS) is 15.5. The fraction of sp³-hybridized carbons (Fsp3) is 0.273. The van der Waals surface area contributed by atoms with E-state index >= 15 is 0 Å². The lowest BCUT2D eigenvalue weighted by molar-refractivity contribution is 1.26. The molecule has 1 aliphatic heterocycles. The molecule has 0 radical (unpaired) electrons. The molecule has 2 nitrogen and oxygen atoms in total. The number of hydrogen-bond donors (Lipinski definition) is 0. The molecule has 1 heterocycles. The number of benzene rings is 1. The fourth-order valence-corrected chi connectivity index (χ4v) is 1.44. The van der Waals surface area contributed by atoms with Crippen LogP contribution in [0.25, 0.3) is 0 Å². The van der Waals surface area contributed by atoms with Gasteiger partial charge >= 0.3 is 0 Å². The van der Waals surface area contributed by atoms with Gasteiger partial charge < -0.3 is 0 Å². The SMILES string of the molecule is CC1=NN=C(c2cccc(C)c2)C1. The van der Waals surface area contributed by atoms with Crippen LogP contribution < -0.4 is 0 Å². The van der Waals surface area contributed by atoms with Crippen LogP contribution in [0.15, 0.2) is 34.5 Å². The molecule has 0 bridgehead atoms. The second-order valence-corrected chi connectivity index (χ2v) is 3.43. The monoisotopic (exact) mass is 172 g/mol. The summed E-state index contributed by atoms with van der Waals surface area (Å²) in [5, 5.41) is 8.16. The van der Waals surface area contributed by atoms with E-state index < -0.39 is 0 Å². The summed E-state index contributed by atoms with van der Waals surface area (Å²) in [5.41, 5.74) is 4.64. The van der Waals surface area contributed by atoms with Gasteiger partial charge in [0.15, 0.2) is 0 Å². The minimum Gasteiger partial charge on any atom is -0.160 e. The molecule has 13 heavy (non-hydrogen) atoms. The summed E-state index contributed by atoms with van der Waals surface area (Å²) >= 11 is 0. The van der Waals surface area contributed by atoms with Crippen LogP contribution in [0.1, 0.15) is 24.5 Å². The van der Waals surface area contributed by atoms with Gasteiger partial charge in [0.25, 0.3) is 0 Å². The third-order valence-corrected chi connectivity index (χ3v) is 2.12. The van der Waals surface area contributed by atoms with Crippen LogP contribution in [0.2, 0.25) is 0 Å². The molecule has 2 heteroatoms. The topological polar surface area (TPSA) is 24.7 Å². The van der Waals surface area contributed by atoms with Crippen molar-refractivity contribution in [3.63, 3.8) is 0 Å². The van der Waals surface area contributed by atoms with Gasteiger partial charge in [-0.3, -0.25) is 0 Å². The third-order valence-electron chi connectivity index (χ3n) is 2.12. The minimum absolute atomic E-state index is 0.892. The number of nitrogens with zero attached hydrogens (tertiary/aromatic N) is 2. The van der Waals surface area contributed by atoms with Gasteiger partial charge in [-0.15, -0.1) is 0 Å². The van der Waals surface area contributed by atoms with E-state index in [0.29, 0.717) is 0 Å². The van der Waals surface area contributed by atoms with Crippen LogP contribution in [0.3, 0.4) is 0 Å². The van der Waals surface area contributed by atoms with Gasteiger partial charge in [-0.1, -0.05) is 29.8 Å². The molecule has 1 aromatic carbocycles. The molecule has 1 aliphatic rings. The summed E-state index contributed by atoms with van der Waals surface area (Å²) < 4.78 is 0. The molecule has 0 unspecified atom stereocenters. The first-order chi connectivity index (χ1) is 6.25. The molecule has 0 N–H and O–H groups in total. The van der Waals surface area contributed by atoms with E-state index in [2.05, 4.69) is 41.4 Å². The van der Waals surface area contributed by atoms with Gasteiger partial charge in [0.1, 0.15) is 0 Å². The largest absolute Gasteiger partial charge is 0.160 e. The van der Waals surface area contributed by atoms with Gasteiger partial charge in [-0.2, -0.15) is 10.2 Å². The van der Waals surface area contributed by atoms with E-state index in [-0.39, 0.29) is 0 Å². The quantitative estimate of drug-likeness (QED) is 0.622. The van der Waals surface area contributed by atoms with Gasteiger partial charge in [-0.05, 0) is 19.4 Å². The Labute approximate surface area is 78.0 Å². The van der Waals surface area contributed by atoms with Crippen molar-refractivity contribution in [3.05, 3.63) is 35.4 Å². The van der Waals surface area contributed by atoms with Crippen LogP contribution in [-0.2, 0) is 0 Å². The van der Waals surface area contributed by atoms with E-state index in [9.17, 15) is 0 Å². The molecular formula is C11H12N2. The van der Waals surface area contributed by atoms with Crippen molar-refractivity contribution >= 4 is 11.4 Å². The van der Waals surface area contributed by atoms with Crippen LogP contribution >= 0.6 is 0 Å². The maximum absolute atomic E-state index is 4.13. The predicted octanol–water partition coefficient (Wildman–Crippen LogP) is 2.56. The maximum Gasteiger partial charge on any atom is 0.0759 e. The van der Waals surface area contributed by atoms with Crippen molar-refractivity contribution in [2.45, 2.75) is 20.3 Å². The standard InChI is InChI=1S/C11H12N2/c1-8-4-3-5-10(6-8)11-7-9(2)12-13-11/h3-6H,7H2,1-2H3. The Morgan fingerprint density at radius 1 is 1.15 bits per heavy atom. The van der Waals surface area contributed by atoms with Crippen LogP contribution in [0.5, 0.6) is 0 Å². The molecule has 0 saturated heterocycles. The first kappa shape index (κ1) is 8.17. The van der Waals surface area contributed by atoms with Crippen molar-refractivity contribution in [2.75, 3.05) is 0 Å². The molecule has 0 aromatic heterocycles. The van der Waals surface area contributed by atoms with Crippen LogP contribution in [-0.4, -0.2) is 11.4 Å². The number of hydrogen-bond acceptors (Lipinski definition) is 2. The summed E-state index contributed by atoms with van der Waals surface area (Å²) in [6, 6.07) is 8.38. The average Bonchev–Trinajstić information content (AvgIpc) is 2.52. The molecule has 0 amide bonds. The molecule has 2 rings (SSSR count). The van der Waals surface area contributed by atoms with Crippen molar-refractivity contribution in [1.82, 2.24) is 0 Å². The summed E-state index contributed by atoms with van der Waals surface area (Å²) in [6.07, 6.45) is 0.892. The molecule has 66 valence electrons. The second-order valence-electron chi connectivity index (χ2n) is 3.43. The highest BCUT2D eigenvalue weighted by molar-refractivity contribution is 6.14. The lowest BCUT2D eigenvalue weighted by atomic mass is 10.0. The summed E-state index contributed by atoms with van der Waals surface area (Å²) in [4.78, 5) is 0. The highest BCUT2D eigenvalue weighted by Crippen LogP contribution is 2.12. The van der Waals surface area contributed by atoms with Crippen molar-refractivity contribution in [1.29, 1.82) is 0 Å². The molecule has 0 spiro atoms. The summed E-state index contributed by atoms with van der Waals surface area (Å²) in [5.74, 6) is 0. The van der Waals surface area contributed by atoms with Gasteiger partial charge in [0, 0.05) is 12.1 Å². The predicted molar refractivity (Wildman–Crippen MR) is 55.4 cm³/mol. The Balaban J connectivity index is 2.29. The molecule has 0 saturated carbocycles. The summed E-state index contributed by atoms with van der Waals surface area (Å²) in [6.45, 7) is 4.10. The number of aryl methyl sites for hydroxylation is 1. The minimum atomic E-state index is 0.892. The Morgan fingerprint density at radius 3 is 2.62 bits per heavy atom. The lowest BCUT2D eigenvalue weighted by Gasteiger charge is -2.00. The van der Waals surface area contributed by atoms with Crippen molar-refractivity contribution < 1.29 is 0 Å². The lowest BCUT2D eigenvalue weighted by Crippen LogP contribution is -2.00. The Bertz CT molecular complexity index is 389. The van der Waals surface area contributed by atoms with E-state index in [1.54, 1.807) is 0 Å². The van der Waals surface area contributed by atoms with Gasteiger partial charge in [0.2, 0.25) is 0 Å². The van der Waals surface area contributed by atoms with Gasteiger partial charge in [0.05, 0.1) is 5.71 Å². The average molecular weight is 172 g/mol. The number of rotatable bonds is 1. The molecule has 1 aromatic rings. The van der Waals surface area contributed by atoms with Crippen molar-refractivity contribution in [3.8, 4) is 0 Å².